The second kappa shape index (κ2) is 7.23. The van der Waals surface area contributed by atoms with Gasteiger partial charge < -0.3 is 10.1 Å². The van der Waals surface area contributed by atoms with Crippen molar-refractivity contribution < 1.29 is 9.66 Å². The number of anilines is 2. The predicted octanol–water partition coefficient (Wildman–Crippen LogP) is 4.17. The molecule has 0 saturated carbocycles. The molecule has 1 N–H and O–H groups in total. The molecule has 0 atom stereocenters. The Hall–Kier alpha value is -4.14. The smallest absolute Gasteiger partial charge is 0.373 e. The Balaban J connectivity index is 1.76. The van der Waals surface area contributed by atoms with E-state index in [1.54, 1.807) is 36.5 Å². The maximum atomic E-state index is 11.7. The third-order valence-corrected chi connectivity index (χ3v) is 3.91. The molecule has 138 valence electrons. The van der Waals surface area contributed by atoms with Crippen LogP contribution in [0.1, 0.15) is 5.69 Å². The minimum absolute atomic E-state index is 0.0127. The van der Waals surface area contributed by atoms with Gasteiger partial charge in [0.2, 0.25) is 5.82 Å². The zero-order valence-electron chi connectivity index (χ0n) is 14.7. The first-order valence-corrected chi connectivity index (χ1v) is 8.33. The lowest BCUT2D eigenvalue weighted by atomic mass is 10.2. The van der Waals surface area contributed by atoms with Crippen LogP contribution in [0, 0.1) is 17.0 Å². The molecule has 0 bridgehead atoms. The highest BCUT2D eigenvalue weighted by molar-refractivity contribution is 5.84. The van der Waals surface area contributed by atoms with Gasteiger partial charge in [0.1, 0.15) is 17.7 Å². The molecule has 0 saturated heterocycles. The molecule has 28 heavy (non-hydrogen) atoms. The van der Waals surface area contributed by atoms with Crippen LogP contribution in [0.2, 0.25) is 0 Å². The van der Waals surface area contributed by atoms with Gasteiger partial charge in [-0.15, -0.1) is 0 Å². The second-order valence-corrected chi connectivity index (χ2v) is 5.86. The number of nitrogens with zero attached hydrogens (tertiary/aromatic N) is 5. The monoisotopic (exact) mass is 374 g/mol. The Morgan fingerprint density at radius 3 is 2.68 bits per heavy atom. The summed E-state index contributed by atoms with van der Waals surface area (Å²) in [6, 6.07) is 14.3. The summed E-state index contributed by atoms with van der Waals surface area (Å²) in [4.78, 5) is 27.6. The highest BCUT2D eigenvalue weighted by atomic mass is 16.6. The number of hydrogen-bond acceptors (Lipinski definition) is 8. The topological polar surface area (TPSA) is 116 Å². The minimum Gasteiger partial charge on any atom is -0.431 e. The summed E-state index contributed by atoms with van der Waals surface area (Å²) < 4.78 is 5.77. The van der Waals surface area contributed by atoms with Crippen molar-refractivity contribution in [3.05, 3.63) is 76.9 Å². The first-order chi connectivity index (χ1) is 13.6. The Bertz CT molecular complexity index is 1180. The second-order valence-electron chi connectivity index (χ2n) is 5.86. The Labute approximate surface area is 159 Å². The molecule has 0 aliphatic rings. The number of ether oxygens (including phenoxy) is 1. The van der Waals surface area contributed by atoms with Gasteiger partial charge in [-0.2, -0.15) is 4.98 Å². The number of pyridine rings is 2. The summed E-state index contributed by atoms with van der Waals surface area (Å²) in [6.45, 7) is 1.82. The molecule has 0 fully saturated rings. The molecule has 4 rings (SSSR count). The van der Waals surface area contributed by atoms with E-state index in [1.165, 1.54) is 6.33 Å². The van der Waals surface area contributed by atoms with Gasteiger partial charge in [-0.1, -0.05) is 24.3 Å². The molecule has 4 aromatic rings. The zero-order chi connectivity index (χ0) is 19.5. The van der Waals surface area contributed by atoms with E-state index in [0.717, 1.165) is 11.1 Å². The molecule has 3 aromatic heterocycles. The summed E-state index contributed by atoms with van der Waals surface area (Å²) in [7, 11) is 0. The van der Waals surface area contributed by atoms with Crippen molar-refractivity contribution in [2.75, 3.05) is 5.32 Å². The fourth-order valence-corrected chi connectivity index (χ4v) is 2.69. The Morgan fingerprint density at radius 2 is 1.86 bits per heavy atom. The first kappa shape index (κ1) is 17.3. The zero-order valence-corrected chi connectivity index (χ0v) is 14.7. The van der Waals surface area contributed by atoms with E-state index in [4.69, 9.17) is 4.74 Å². The fourth-order valence-electron chi connectivity index (χ4n) is 2.69. The van der Waals surface area contributed by atoms with Crippen LogP contribution in [0.4, 0.5) is 17.3 Å². The van der Waals surface area contributed by atoms with Crippen LogP contribution >= 0.6 is 0 Å². The molecule has 3 heterocycles. The molecule has 0 spiro atoms. The van der Waals surface area contributed by atoms with Crippen LogP contribution in [-0.4, -0.2) is 24.9 Å². The van der Waals surface area contributed by atoms with E-state index in [1.807, 2.05) is 25.1 Å². The number of hydrogen-bond donors (Lipinski definition) is 1. The third kappa shape index (κ3) is 3.40. The summed E-state index contributed by atoms with van der Waals surface area (Å²) in [5.74, 6) is 0.591. The lowest BCUT2D eigenvalue weighted by molar-refractivity contribution is -0.385. The Kier molecular flexibility index (Phi) is 4.47. The summed E-state index contributed by atoms with van der Waals surface area (Å²) in [5, 5.41) is 15.4. The summed E-state index contributed by atoms with van der Waals surface area (Å²) >= 11 is 0. The van der Waals surface area contributed by atoms with Crippen molar-refractivity contribution >= 4 is 28.2 Å². The van der Waals surface area contributed by atoms with E-state index in [0.29, 0.717) is 17.1 Å². The van der Waals surface area contributed by atoms with Crippen molar-refractivity contribution in [3.8, 4) is 11.6 Å². The first-order valence-electron chi connectivity index (χ1n) is 8.33. The Morgan fingerprint density at radius 1 is 1.04 bits per heavy atom. The number of rotatable bonds is 5. The number of fused-ring (bicyclic) bond motifs is 1. The van der Waals surface area contributed by atoms with Gasteiger partial charge >= 0.3 is 11.6 Å². The van der Waals surface area contributed by atoms with E-state index < -0.39 is 10.6 Å². The molecule has 0 amide bonds. The molecule has 0 radical (unpaired) electrons. The van der Waals surface area contributed by atoms with Crippen molar-refractivity contribution in [3.63, 3.8) is 0 Å². The van der Waals surface area contributed by atoms with Gasteiger partial charge in [0.05, 0.1) is 4.92 Å². The van der Waals surface area contributed by atoms with E-state index in [9.17, 15) is 10.1 Å². The normalized spacial score (nSPS) is 10.6. The van der Waals surface area contributed by atoms with Gasteiger partial charge in [-0.05, 0) is 31.2 Å². The SMILES string of the molecule is Cc1cccc(Nc2ncnc(Oc3cccc4cccnc34)c2[N+](=O)[O-])n1. The highest BCUT2D eigenvalue weighted by Crippen LogP contribution is 2.36. The largest absolute Gasteiger partial charge is 0.431 e. The molecule has 0 aliphatic heterocycles. The number of aromatic nitrogens is 4. The lowest BCUT2D eigenvalue weighted by Gasteiger charge is -2.10. The molecule has 9 heteroatoms. The number of para-hydroxylation sites is 1. The molecule has 0 aliphatic carbocycles. The molecule has 1 aromatic carbocycles. The average Bonchev–Trinajstić information content (AvgIpc) is 2.68. The van der Waals surface area contributed by atoms with E-state index in [2.05, 4.69) is 25.3 Å². The number of nitro groups is 1. The van der Waals surface area contributed by atoms with Crippen LogP contribution in [0.3, 0.4) is 0 Å². The van der Waals surface area contributed by atoms with Gasteiger partial charge in [0.25, 0.3) is 0 Å². The van der Waals surface area contributed by atoms with Crippen LogP contribution < -0.4 is 10.1 Å². The van der Waals surface area contributed by atoms with Crippen molar-refractivity contribution in [1.82, 2.24) is 19.9 Å². The third-order valence-electron chi connectivity index (χ3n) is 3.91. The van der Waals surface area contributed by atoms with Crippen LogP contribution in [0.25, 0.3) is 10.9 Å². The van der Waals surface area contributed by atoms with Gasteiger partial charge in [0.15, 0.2) is 5.75 Å². The molecule has 0 unspecified atom stereocenters. The number of benzene rings is 1. The fraction of sp³-hybridized carbons (Fsp3) is 0.0526. The summed E-state index contributed by atoms with van der Waals surface area (Å²) in [6.07, 6.45) is 2.82. The van der Waals surface area contributed by atoms with Crippen LogP contribution in [0.5, 0.6) is 11.6 Å². The van der Waals surface area contributed by atoms with Crippen molar-refractivity contribution in [2.24, 2.45) is 0 Å². The molecular formula is C19H14N6O3. The minimum atomic E-state index is -0.591. The van der Waals surface area contributed by atoms with Gasteiger partial charge in [0, 0.05) is 17.3 Å². The molecular weight excluding hydrogens is 360 g/mol. The van der Waals surface area contributed by atoms with Crippen molar-refractivity contribution in [2.45, 2.75) is 6.92 Å². The quantitative estimate of drug-likeness (QED) is 0.409. The average molecular weight is 374 g/mol. The number of nitrogens with one attached hydrogen (secondary N) is 1. The van der Waals surface area contributed by atoms with E-state index >= 15 is 0 Å². The maximum absolute atomic E-state index is 11.7. The van der Waals surface area contributed by atoms with Crippen LogP contribution in [0.15, 0.2) is 61.1 Å². The lowest BCUT2D eigenvalue weighted by Crippen LogP contribution is -2.04. The highest BCUT2D eigenvalue weighted by Gasteiger charge is 2.26. The standard InChI is InChI=1S/C19H14N6O3/c1-12-5-2-9-15(23-12)24-18-17(25(26)27)19(22-11-21-18)28-14-8-3-6-13-7-4-10-20-16(13)14/h2-11H,1H3,(H,21,22,23,24). The van der Waals surface area contributed by atoms with Crippen molar-refractivity contribution in [1.29, 1.82) is 0 Å². The predicted molar refractivity (Wildman–Crippen MR) is 103 cm³/mol. The maximum Gasteiger partial charge on any atom is 0.373 e. The van der Waals surface area contributed by atoms with Gasteiger partial charge in [-0.25, -0.2) is 9.97 Å². The van der Waals surface area contributed by atoms with Gasteiger partial charge in [-0.3, -0.25) is 15.1 Å². The number of aryl methyl sites for hydroxylation is 1. The molecule has 9 nitrogen and oxygen atoms in total. The van der Waals surface area contributed by atoms with Crippen LogP contribution in [-0.2, 0) is 0 Å². The summed E-state index contributed by atoms with van der Waals surface area (Å²) in [5.41, 5.74) is 0.950. The van der Waals surface area contributed by atoms with E-state index in [-0.39, 0.29) is 11.7 Å².